The number of benzene rings is 3. The summed E-state index contributed by atoms with van der Waals surface area (Å²) < 4.78 is 29.5. The molecule has 1 fully saturated rings. The maximum Gasteiger partial charge on any atom is 0.326 e. The van der Waals surface area contributed by atoms with Gasteiger partial charge in [-0.2, -0.15) is 0 Å². The van der Waals surface area contributed by atoms with Crippen LogP contribution in [-0.4, -0.2) is 98.0 Å². The van der Waals surface area contributed by atoms with E-state index in [4.69, 9.17) is 32.9 Å². The van der Waals surface area contributed by atoms with E-state index in [2.05, 4.69) is 4.90 Å². The molecular weight excluding hydrogens is 707 g/mol. The van der Waals surface area contributed by atoms with E-state index in [1.807, 2.05) is 92.4 Å². The minimum Gasteiger partial charge on any atom is -0.493 e. The number of nitrogens with zero attached hydrogens (tertiary/aromatic N) is 4. The molecule has 13 heteroatoms. The Kier molecular flexibility index (Phi) is 13.1. The predicted octanol–water partition coefficient (Wildman–Crippen LogP) is 6.80. The highest BCUT2D eigenvalue weighted by Crippen LogP contribution is 2.46. The predicted molar refractivity (Wildman–Crippen MR) is 199 cm³/mol. The first-order valence-electron chi connectivity index (χ1n) is 16.3. The molecule has 0 bridgehead atoms. The normalized spacial score (nSPS) is 18.6. The summed E-state index contributed by atoms with van der Waals surface area (Å²) in [5, 5.41) is 11.3. The molecule has 3 aromatic carbocycles. The van der Waals surface area contributed by atoms with Crippen LogP contribution in [0.5, 0.6) is 5.75 Å². The summed E-state index contributed by atoms with van der Waals surface area (Å²) in [5.41, 5.74) is 2.86. The number of amides is 2. The van der Waals surface area contributed by atoms with Crippen LogP contribution in [0.15, 0.2) is 71.7 Å². The summed E-state index contributed by atoms with van der Waals surface area (Å²) in [6.45, 7) is 9.12. The van der Waals surface area contributed by atoms with Crippen LogP contribution in [0.25, 0.3) is 0 Å². The molecule has 0 aliphatic carbocycles. The van der Waals surface area contributed by atoms with Gasteiger partial charge in [-0.25, -0.2) is 13.2 Å². The minimum absolute atomic E-state index is 0. The van der Waals surface area contributed by atoms with Crippen molar-refractivity contribution < 1.29 is 23.1 Å². The highest BCUT2D eigenvalue weighted by Gasteiger charge is 2.45. The molecule has 2 aliphatic rings. The van der Waals surface area contributed by atoms with E-state index in [0.29, 0.717) is 72.9 Å². The van der Waals surface area contributed by atoms with Crippen molar-refractivity contribution in [2.75, 3.05) is 57.9 Å². The van der Waals surface area contributed by atoms with Crippen molar-refractivity contribution in [1.29, 1.82) is 0 Å². The van der Waals surface area contributed by atoms with E-state index in [9.17, 15) is 18.3 Å². The smallest absolute Gasteiger partial charge is 0.326 e. The molecule has 49 heavy (non-hydrogen) atoms. The molecule has 9 nitrogen and oxygen atoms in total. The maximum absolute atomic E-state index is 14.8. The fourth-order valence-electron chi connectivity index (χ4n) is 6.21. The van der Waals surface area contributed by atoms with Crippen molar-refractivity contribution in [2.45, 2.75) is 44.7 Å². The van der Waals surface area contributed by atoms with Gasteiger partial charge >= 0.3 is 6.03 Å². The van der Waals surface area contributed by atoms with Gasteiger partial charge in [-0.15, -0.1) is 12.4 Å². The Morgan fingerprint density at radius 1 is 0.959 bits per heavy atom. The number of hydrogen-bond acceptors (Lipinski definition) is 7. The molecule has 266 valence electrons. The lowest BCUT2D eigenvalue weighted by Gasteiger charge is -2.39. The lowest BCUT2D eigenvalue weighted by Crippen LogP contribution is -2.54. The molecule has 0 unspecified atom stereocenters. The fourth-order valence-corrected chi connectivity index (χ4v) is 7.12. The van der Waals surface area contributed by atoms with Gasteiger partial charge in [0.05, 0.1) is 30.6 Å². The monoisotopic (exact) mass is 750 g/mol. The molecular formula is C36H45Cl3N4O5S. The van der Waals surface area contributed by atoms with Crippen LogP contribution in [-0.2, 0) is 15.3 Å². The zero-order valence-electron chi connectivity index (χ0n) is 28.3. The number of urea groups is 1. The zero-order valence-corrected chi connectivity index (χ0v) is 31.5. The molecule has 1 N–H and O–H groups in total. The summed E-state index contributed by atoms with van der Waals surface area (Å²) in [6, 6.07) is 19.7. The first kappa shape index (κ1) is 38.9. The van der Waals surface area contributed by atoms with Crippen LogP contribution >= 0.6 is 35.6 Å². The standard InChI is InChI=1S/C36H44Cl2N4O5S.ClH/c1-5-47-31-23-27(36(2,3)24-43)11-16-30(31)34-39-32(25-7-12-28(37)13-8-25)33(26-9-14-29(38)15-10-26)42(34)35(44)41-20-18-40(19-21-41)17-6-22-48(4,45)46;/h7-16,23,32-33,43H,5-6,17-22,24H2,1-4H3;1H/t32-,33+;/m0./s1. The molecule has 1 saturated heterocycles. The fraction of sp³-hybridized carbons (Fsp3) is 0.444. The number of sulfone groups is 1. The van der Waals surface area contributed by atoms with Gasteiger partial charge in [-0.1, -0.05) is 67.4 Å². The third-order valence-corrected chi connectivity index (χ3v) is 10.6. The molecule has 2 atom stereocenters. The number of aliphatic hydroxyl groups excluding tert-OH is 1. The summed E-state index contributed by atoms with van der Waals surface area (Å²) in [4.78, 5) is 25.9. The Morgan fingerprint density at radius 2 is 1.55 bits per heavy atom. The van der Waals surface area contributed by atoms with E-state index >= 15 is 0 Å². The Balaban J connectivity index is 0.00000541. The van der Waals surface area contributed by atoms with E-state index < -0.39 is 27.3 Å². The molecule has 2 heterocycles. The highest BCUT2D eigenvalue weighted by molar-refractivity contribution is 7.90. The summed E-state index contributed by atoms with van der Waals surface area (Å²) in [7, 11) is -3.03. The van der Waals surface area contributed by atoms with Gasteiger partial charge in [-0.05, 0) is 73.0 Å². The van der Waals surface area contributed by atoms with Gasteiger partial charge in [0.25, 0.3) is 0 Å². The molecule has 2 aliphatic heterocycles. The molecule has 5 rings (SSSR count). The van der Waals surface area contributed by atoms with Crippen molar-refractivity contribution in [3.8, 4) is 5.75 Å². The average Bonchev–Trinajstić information content (AvgIpc) is 3.45. The van der Waals surface area contributed by atoms with Crippen LogP contribution in [0, 0.1) is 0 Å². The van der Waals surface area contributed by atoms with Crippen molar-refractivity contribution in [3.05, 3.63) is 99.0 Å². The number of halogens is 3. The number of ether oxygens (including phenoxy) is 1. The van der Waals surface area contributed by atoms with Gasteiger partial charge < -0.3 is 14.7 Å². The number of carbonyl (C=O) groups is 1. The number of carbonyl (C=O) groups excluding carboxylic acids is 1. The second-order valence-corrected chi connectivity index (χ2v) is 16.2. The van der Waals surface area contributed by atoms with Crippen LogP contribution in [0.4, 0.5) is 4.79 Å². The van der Waals surface area contributed by atoms with E-state index in [0.717, 1.165) is 16.7 Å². The summed E-state index contributed by atoms with van der Waals surface area (Å²) in [6.07, 6.45) is 1.81. The Hall–Kier alpha value is -2.86. The Labute approximate surface area is 306 Å². The van der Waals surface area contributed by atoms with Crippen molar-refractivity contribution >= 4 is 57.3 Å². The lowest BCUT2D eigenvalue weighted by atomic mass is 9.85. The second kappa shape index (κ2) is 16.4. The molecule has 0 radical (unpaired) electrons. The van der Waals surface area contributed by atoms with Gasteiger partial charge in [0.15, 0.2) is 0 Å². The van der Waals surface area contributed by atoms with Crippen molar-refractivity contribution in [1.82, 2.24) is 14.7 Å². The van der Waals surface area contributed by atoms with E-state index in [1.165, 1.54) is 6.26 Å². The highest BCUT2D eigenvalue weighted by atomic mass is 35.5. The number of aliphatic imine (C=N–C) groups is 1. The Bertz CT molecular complexity index is 1730. The van der Waals surface area contributed by atoms with Gasteiger partial charge in [0, 0.05) is 47.9 Å². The molecule has 0 spiro atoms. The molecule has 0 saturated carbocycles. The second-order valence-electron chi connectivity index (χ2n) is 13.1. The van der Waals surface area contributed by atoms with Gasteiger partial charge in [0.2, 0.25) is 0 Å². The average molecular weight is 752 g/mol. The summed E-state index contributed by atoms with van der Waals surface area (Å²) >= 11 is 12.6. The molecule has 0 aromatic heterocycles. The maximum atomic E-state index is 14.8. The van der Waals surface area contributed by atoms with Gasteiger partial charge in [0.1, 0.15) is 27.5 Å². The van der Waals surface area contributed by atoms with Crippen LogP contribution < -0.4 is 4.74 Å². The SMILES string of the molecule is CCOc1cc(C(C)(C)CO)ccc1C1=N[C@@H](c2ccc(Cl)cc2)[C@@H](c2ccc(Cl)cc2)N1C(=O)N1CCN(CCCS(C)(=O)=O)CC1.Cl. The Morgan fingerprint density at radius 3 is 2.10 bits per heavy atom. The lowest BCUT2D eigenvalue weighted by molar-refractivity contribution is 0.119. The quantitative estimate of drug-likeness (QED) is 0.231. The minimum atomic E-state index is -3.03. The number of rotatable bonds is 11. The summed E-state index contributed by atoms with van der Waals surface area (Å²) in [5.74, 6) is 1.22. The van der Waals surface area contributed by atoms with Gasteiger partial charge in [-0.3, -0.25) is 14.8 Å². The first-order valence-corrected chi connectivity index (χ1v) is 19.1. The molecule has 3 aromatic rings. The van der Waals surface area contributed by atoms with E-state index in [1.54, 1.807) is 4.90 Å². The number of piperazine rings is 1. The van der Waals surface area contributed by atoms with Crippen molar-refractivity contribution in [3.63, 3.8) is 0 Å². The first-order chi connectivity index (χ1) is 22.8. The third kappa shape index (κ3) is 9.28. The van der Waals surface area contributed by atoms with Crippen LogP contribution in [0.3, 0.4) is 0 Å². The molecule has 2 amide bonds. The number of hydrogen-bond donors (Lipinski definition) is 1. The number of aliphatic hydroxyl groups is 1. The van der Waals surface area contributed by atoms with E-state index in [-0.39, 0.29) is 30.8 Å². The van der Waals surface area contributed by atoms with Crippen molar-refractivity contribution in [2.24, 2.45) is 4.99 Å². The topological polar surface area (TPSA) is 103 Å². The largest absolute Gasteiger partial charge is 0.493 e. The van der Waals surface area contributed by atoms with Crippen LogP contribution in [0.1, 0.15) is 61.5 Å². The zero-order chi connectivity index (χ0) is 34.6. The number of amidine groups is 1. The van der Waals surface area contributed by atoms with Crippen LogP contribution in [0.2, 0.25) is 10.0 Å². The third-order valence-electron chi connectivity index (χ3n) is 9.03.